The monoisotopic (exact) mass is 1100 g/mol. The molecule has 0 aliphatic heterocycles. The van der Waals surface area contributed by atoms with Crippen molar-refractivity contribution in [1.82, 2.24) is 0 Å². The lowest BCUT2D eigenvalue weighted by Gasteiger charge is -2.18. The largest absolute Gasteiger partial charge is 0.462 e. The fraction of sp³-hybridized carbons (Fsp3) is 0.712. The summed E-state index contributed by atoms with van der Waals surface area (Å²) in [5.41, 5.74) is 0. The summed E-state index contributed by atoms with van der Waals surface area (Å²) in [7, 11) is 0. The predicted molar refractivity (Wildman–Crippen MR) is 343 cm³/mol. The highest BCUT2D eigenvalue weighted by molar-refractivity contribution is 5.71. The van der Waals surface area contributed by atoms with E-state index >= 15 is 0 Å². The summed E-state index contributed by atoms with van der Waals surface area (Å²) in [6, 6.07) is 0. The van der Waals surface area contributed by atoms with Crippen LogP contribution in [0.5, 0.6) is 0 Å². The number of allylic oxidation sites excluding steroid dienone is 18. The van der Waals surface area contributed by atoms with E-state index in [0.29, 0.717) is 19.3 Å². The van der Waals surface area contributed by atoms with E-state index in [1.165, 1.54) is 161 Å². The van der Waals surface area contributed by atoms with Gasteiger partial charge in [0.2, 0.25) is 0 Å². The molecule has 0 saturated heterocycles. The van der Waals surface area contributed by atoms with Gasteiger partial charge in [-0.05, 0) is 109 Å². The van der Waals surface area contributed by atoms with Gasteiger partial charge < -0.3 is 14.2 Å². The van der Waals surface area contributed by atoms with E-state index in [2.05, 4.69) is 130 Å². The number of esters is 3. The van der Waals surface area contributed by atoms with Gasteiger partial charge in [0.05, 0.1) is 0 Å². The van der Waals surface area contributed by atoms with Crippen LogP contribution in [-0.2, 0) is 28.6 Å². The molecule has 6 nitrogen and oxygen atoms in total. The van der Waals surface area contributed by atoms with E-state index in [4.69, 9.17) is 14.2 Å². The molecule has 0 fully saturated rings. The third kappa shape index (κ3) is 64.8. The lowest BCUT2D eigenvalue weighted by atomic mass is 10.0. The fourth-order valence-corrected chi connectivity index (χ4v) is 9.28. The Bertz CT molecular complexity index is 1590. The van der Waals surface area contributed by atoms with Gasteiger partial charge in [0, 0.05) is 19.3 Å². The van der Waals surface area contributed by atoms with Crippen LogP contribution in [0.15, 0.2) is 109 Å². The van der Waals surface area contributed by atoms with Gasteiger partial charge in [-0.15, -0.1) is 0 Å². The Balaban J connectivity index is 4.00. The first-order valence-electron chi connectivity index (χ1n) is 33.4. The maximum Gasteiger partial charge on any atom is 0.306 e. The topological polar surface area (TPSA) is 78.9 Å². The second kappa shape index (κ2) is 66.6. The normalized spacial score (nSPS) is 12.8. The van der Waals surface area contributed by atoms with E-state index in [1.807, 2.05) is 0 Å². The molecular weight excluding hydrogens is 973 g/mol. The molecule has 0 aliphatic carbocycles. The first-order chi connectivity index (χ1) is 39.0. The van der Waals surface area contributed by atoms with Crippen molar-refractivity contribution in [2.75, 3.05) is 13.2 Å². The summed E-state index contributed by atoms with van der Waals surface area (Å²) in [4.78, 5) is 38.0. The molecule has 1 unspecified atom stereocenters. The first-order valence-corrected chi connectivity index (χ1v) is 33.4. The van der Waals surface area contributed by atoms with Gasteiger partial charge in [0.15, 0.2) is 6.10 Å². The minimum absolute atomic E-state index is 0.0784. The van der Waals surface area contributed by atoms with Crippen molar-refractivity contribution in [3.63, 3.8) is 0 Å². The van der Waals surface area contributed by atoms with E-state index in [9.17, 15) is 14.4 Å². The summed E-state index contributed by atoms with van der Waals surface area (Å²) in [6.07, 6.45) is 91.5. The van der Waals surface area contributed by atoms with E-state index in [1.54, 1.807) is 0 Å². The molecule has 0 aromatic heterocycles. The maximum absolute atomic E-state index is 12.8. The average molecular weight is 1100 g/mol. The smallest absolute Gasteiger partial charge is 0.306 e. The van der Waals surface area contributed by atoms with Crippen LogP contribution in [0.1, 0.15) is 316 Å². The van der Waals surface area contributed by atoms with Crippen LogP contribution in [0, 0.1) is 0 Å². The molecular formula is C73H124O6. The zero-order valence-electron chi connectivity index (χ0n) is 51.9. The third-order valence-electron chi connectivity index (χ3n) is 14.3. The van der Waals surface area contributed by atoms with Gasteiger partial charge >= 0.3 is 17.9 Å². The number of rotatable bonds is 60. The van der Waals surface area contributed by atoms with Crippen LogP contribution in [0.3, 0.4) is 0 Å². The van der Waals surface area contributed by atoms with Crippen molar-refractivity contribution in [3.8, 4) is 0 Å². The van der Waals surface area contributed by atoms with Crippen LogP contribution < -0.4 is 0 Å². The quantitative estimate of drug-likeness (QED) is 0.0261. The van der Waals surface area contributed by atoms with E-state index in [-0.39, 0.29) is 31.1 Å². The molecule has 6 heteroatoms. The highest BCUT2D eigenvalue weighted by Crippen LogP contribution is 2.16. The van der Waals surface area contributed by atoms with Gasteiger partial charge in [-0.25, -0.2) is 0 Å². The molecule has 0 aliphatic rings. The molecule has 0 rings (SSSR count). The number of hydrogen-bond donors (Lipinski definition) is 0. The Hall–Kier alpha value is -3.93. The van der Waals surface area contributed by atoms with Crippen molar-refractivity contribution in [3.05, 3.63) is 109 Å². The SMILES string of the molecule is CC/C=C\C/C=C\C/C=C\C/C=C\C/C=C\C/C=C\C/C=C\CCCCCCCCCCCCCCCC(=O)OCC(COC(=O)CCCCCCC)OC(=O)CCCCCCCCCCC/C=C\C/C=C\CCCCCCC. The van der Waals surface area contributed by atoms with Crippen molar-refractivity contribution >= 4 is 17.9 Å². The molecule has 79 heavy (non-hydrogen) atoms. The molecule has 0 saturated carbocycles. The lowest BCUT2D eigenvalue weighted by molar-refractivity contribution is -0.167. The van der Waals surface area contributed by atoms with Gasteiger partial charge in [0.25, 0.3) is 0 Å². The molecule has 1 atom stereocenters. The van der Waals surface area contributed by atoms with Crippen molar-refractivity contribution in [2.45, 2.75) is 322 Å². The standard InChI is InChI=1S/C73H124O6/c1-4-7-10-13-15-17-19-21-23-25-27-29-30-31-32-33-34-35-36-37-38-39-40-41-42-44-45-47-49-51-53-55-57-60-63-66-72(75)78-69-70(68-77-71(74)65-62-59-12-9-6-3)79-73(76)67-64-61-58-56-54-52-50-48-46-43-28-26-24-22-20-18-16-14-11-8-5-2/h7,10,15,17,20-23,26-29,31-32,34-35,37-38,70H,4-6,8-9,11-14,16,18-19,24-25,30,33,36,39-69H2,1-3H3/b10-7-,17-15-,22-20-,23-21-,28-26-,29-27-,32-31-,35-34-,38-37-. The zero-order chi connectivity index (χ0) is 57.1. The van der Waals surface area contributed by atoms with Gasteiger partial charge in [-0.3, -0.25) is 14.4 Å². The van der Waals surface area contributed by atoms with Gasteiger partial charge in [-0.2, -0.15) is 0 Å². The number of hydrogen-bond acceptors (Lipinski definition) is 6. The first kappa shape index (κ1) is 75.1. The maximum atomic E-state index is 12.8. The van der Waals surface area contributed by atoms with Crippen LogP contribution in [0.4, 0.5) is 0 Å². The highest BCUT2D eigenvalue weighted by atomic mass is 16.6. The Kier molecular flexibility index (Phi) is 63.3. The van der Waals surface area contributed by atoms with Crippen LogP contribution in [-0.4, -0.2) is 37.2 Å². The van der Waals surface area contributed by atoms with Crippen LogP contribution >= 0.6 is 0 Å². The summed E-state index contributed by atoms with van der Waals surface area (Å²) < 4.78 is 16.8. The molecule has 0 radical (unpaired) electrons. The van der Waals surface area contributed by atoms with Crippen molar-refractivity contribution in [2.24, 2.45) is 0 Å². The van der Waals surface area contributed by atoms with Crippen molar-refractivity contribution in [1.29, 1.82) is 0 Å². The molecule has 0 heterocycles. The van der Waals surface area contributed by atoms with Crippen LogP contribution in [0.2, 0.25) is 0 Å². The Morgan fingerprint density at radius 3 is 0.772 bits per heavy atom. The fourth-order valence-electron chi connectivity index (χ4n) is 9.28. The number of unbranched alkanes of at least 4 members (excludes halogenated alkanes) is 31. The number of carbonyl (C=O) groups excluding carboxylic acids is 3. The zero-order valence-corrected chi connectivity index (χ0v) is 51.9. The summed E-state index contributed by atoms with van der Waals surface area (Å²) in [5, 5.41) is 0. The molecule has 0 N–H and O–H groups in total. The summed E-state index contributed by atoms with van der Waals surface area (Å²) >= 11 is 0. The summed E-state index contributed by atoms with van der Waals surface area (Å²) in [6.45, 7) is 6.45. The Labute approximate surface area is 489 Å². The number of ether oxygens (including phenoxy) is 3. The third-order valence-corrected chi connectivity index (χ3v) is 14.3. The average Bonchev–Trinajstić information content (AvgIpc) is 3.45. The molecule has 0 amide bonds. The van der Waals surface area contributed by atoms with Crippen LogP contribution in [0.25, 0.3) is 0 Å². The molecule has 0 aromatic carbocycles. The number of carbonyl (C=O) groups is 3. The second-order valence-corrected chi connectivity index (χ2v) is 22.0. The Morgan fingerprint density at radius 1 is 0.266 bits per heavy atom. The highest BCUT2D eigenvalue weighted by Gasteiger charge is 2.19. The predicted octanol–water partition coefficient (Wildman–Crippen LogP) is 23.0. The van der Waals surface area contributed by atoms with E-state index in [0.717, 1.165) is 116 Å². The van der Waals surface area contributed by atoms with Gasteiger partial charge in [-0.1, -0.05) is 297 Å². The molecule has 0 spiro atoms. The Morgan fingerprint density at radius 2 is 0.494 bits per heavy atom. The summed E-state index contributed by atoms with van der Waals surface area (Å²) in [5.74, 6) is -0.889. The minimum atomic E-state index is -0.777. The molecule has 452 valence electrons. The molecule has 0 aromatic rings. The minimum Gasteiger partial charge on any atom is -0.462 e. The second-order valence-electron chi connectivity index (χ2n) is 22.0. The molecule has 0 bridgehead atoms. The van der Waals surface area contributed by atoms with Crippen molar-refractivity contribution < 1.29 is 28.6 Å². The lowest BCUT2D eigenvalue weighted by Crippen LogP contribution is -2.30. The van der Waals surface area contributed by atoms with E-state index < -0.39 is 6.10 Å². The van der Waals surface area contributed by atoms with Gasteiger partial charge in [0.1, 0.15) is 13.2 Å².